The number of thiophene rings is 1. The number of carboxylic acid groups (broad SMARTS) is 1. The van der Waals surface area contributed by atoms with Gasteiger partial charge in [-0.15, -0.1) is 11.3 Å². The first-order chi connectivity index (χ1) is 7.99. The van der Waals surface area contributed by atoms with Crippen LogP contribution in [0.3, 0.4) is 0 Å². The summed E-state index contributed by atoms with van der Waals surface area (Å²) >= 11 is 0.841. The van der Waals surface area contributed by atoms with Crippen molar-refractivity contribution in [3.8, 4) is 0 Å². The minimum atomic E-state index is -3.73. The minimum Gasteiger partial charge on any atom is -0.477 e. The van der Waals surface area contributed by atoms with E-state index < -0.39 is 16.0 Å². The summed E-state index contributed by atoms with van der Waals surface area (Å²) in [5.41, 5.74) is 0. The maximum Gasteiger partial charge on any atom is 0.345 e. The number of hydrogen-bond donors (Lipinski definition) is 3. The van der Waals surface area contributed by atoms with Crippen LogP contribution >= 0.6 is 11.3 Å². The second-order valence-corrected chi connectivity index (χ2v) is 5.73. The van der Waals surface area contributed by atoms with E-state index in [0.29, 0.717) is 0 Å². The molecule has 0 unspecified atom stereocenters. The highest BCUT2D eigenvalue weighted by atomic mass is 32.2. The zero-order valence-corrected chi connectivity index (χ0v) is 9.88. The Hall–Kier alpha value is -1.87. The molecule has 2 aromatic rings. The molecule has 0 aromatic carbocycles. The molecule has 0 bridgehead atoms. The van der Waals surface area contributed by atoms with Crippen LogP contribution in [0.2, 0.25) is 0 Å². The fourth-order valence-electron chi connectivity index (χ4n) is 1.09. The molecule has 3 N–H and O–H groups in total. The number of nitrogens with one attached hydrogen (secondary N) is 2. The lowest BCUT2D eigenvalue weighted by atomic mass is 10.5. The van der Waals surface area contributed by atoms with Crippen molar-refractivity contribution in [2.24, 2.45) is 0 Å². The summed E-state index contributed by atoms with van der Waals surface area (Å²) in [6.07, 6.45) is 2.40. The molecule has 9 heteroatoms. The lowest BCUT2D eigenvalue weighted by Gasteiger charge is -2.02. The van der Waals surface area contributed by atoms with Crippen molar-refractivity contribution >= 4 is 32.3 Å². The third-order valence-corrected chi connectivity index (χ3v) is 4.22. The van der Waals surface area contributed by atoms with Crippen LogP contribution in [-0.2, 0) is 10.0 Å². The predicted molar refractivity (Wildman–Crippen MR) is 60.7 cm³/mol. The SMILES string of the molecule is O=C(O)c1ccc(NS(=O)(=O)c2cnc[nH]2)s1. The van der Waals surface area contributed by atoms with Crippen LogP contribution in [0.15, 0.2) is 29.7 Å². The Morgan fingerprint density at radius 2 is 2.24 bits per heavy atom. The van der Waals surface area contributed by atoms with E-state index in [-0.39, 0.29) is 14.9 Å². The van der Waals surface area contributed by atoms with Gasteiger partial charge in [0.2, 0.25) is 0 Å². The third-order valence-electron chi connectivity index (χ3n) is 1.81. The molecule has 17 heavy (non-hydrogen) atoms. The first-order valence-electron chi connectivity index (χ1n) is 4.33. The molecule has 0 fully saturated rings. The Kier molecular flexibility index (Phi) is 2.86. The van der Waals surface area contributed by atoms with Gasteiger partial charge in [-0.2, -0.15) is 8.42 Å². The van der Waals surface area contributed by atoms with Crippen molar-refractivity contribution in [1.82, 2.24) is 9.97 Å². The molecule has 0 aliphatic heterocycles. The van der Waals surface area contributed by atoms with Gasteiger partial charge in [-0.3, -0.25) is 4.72 Å². The molecule has 0 aliphatic rings. The second-order valence-electron chi connectivity index (χ2n) is 2.99. The molecule has 0 amide bonds. The highest BCUT2D eigenvalue weighted by molar-refractivity contribution is 7.92. The quantitative estimate of drug-likeness (QED) is 0.768. The monoisotopic (exact) mass is 273 g/mol. The zero-order valence-electron chi connectivity index (χ0n) is 8.25. The van der Waals surface area contributed by atoms with Crippen LogP contribution < -0.4 is 4.72 Å². The summed E-state index contributed by atoms with van der Waals surface area (Å²) in [5, 5.41) is 8.85. The minimum absolute atomic E-state index is 0.0623. The van der Waals surface area contributed by atoms with E-state index in [9.17, 15) is 13.2 Å². The van der Waals surface area contributed by atoms with Gasteiger partial charge in [-0.05, 0) is 12.1 Å². The summed E-state index contributed by atoms with van der Waals surface area (Å²) in [6.45, 7) is 0. The maximum atomic E-state index is 11.7. The average Bonchev–Trinajstić information content (AvgIpc) is 2.85. The van der Waals surface area contributed by atoms with Crippen molar-refractivity contribution in [1.29, 1.82) is 0 Å². The van der Waals surface area contributed by atoms with Crippen LogP contribution in [0.25, 0.3) is 0 Å². The Morgan fingerprint density at radius 1 is 1.47 bits per heavy atom. The zero-order chi connectivity index (χ0) is 12.5. The fourth-order valence-corrected chi connectivity index (χ4v) is 3.03. The molecule has 90 valence electrons. The molecule has 0 saturated carbocycles. The molecule has 0 atom stereocenters. The van der Waals surface area contributed by atoms with E-state index in [2.05, 4.69) is 14.7 Å². The molecule has 0 radical (unpaired) electrons. The standard InChI is InChI=1S/C8H7N3O4S2/c12-8(13)5-1-2-6(16-5)11-17(14,15)7-3-9-4-10-7/h1-4,11H,(H,9,10)(H,12,13). The lowest BCUT2D eigenvalue weighted by molar-refractivity contribution is 0.0702. The first-order valence-corrected chi connectivity index (χ1v) is 6.63. The molecule has 0 saturated heterocycles. The number of aromatic amines is 1. The van der Waals surface area contributed by atoms with Gasteiger partial charge in [0.25, 0.3) is 10.0 Å². The van der Waals surface area contributed by atoms with E-state index in [1.807, 2.05) is 0 Å². The number of anilines is 1. The van der Waals surface area contributed by atoms with Gasteiger partial charge >= 0.3 is 5.97 Å². The first kappa shape index (κ1) is 11.6. The van der Waals surface area contributed by atoms with E-state index in [1.54, 1.807) is 0 Å². The maximum absolute atomic E-state index is 11.7. The second kappa shape index (κ2) is 4.18. The fraction of sp³-hybridized carbons (Fsp3) is 0. The molecule has 0 aliphatic carbocycles. The average molecular weight is 273 g/mol. The Morgan fingerprint density at radius 3 is 2.76 bits per heavy atom. The topological polar surface area (TPSA) is 112 Å². The smallest absolute Gasteiger partial charge is 0.345 e. The molecule has 0 spiro atoms. The van der Waals surface area contributed by atoms with Gasteiger partial charge in [-0.25, -0.2) is 9.78 Å². The van der Waals surface area contributed by atoms with Crippen LogP contribution in [0.4, 0.5) is 5.00 Å². The number of imidazole rings is 1. The van der Waals surface area contributed by atoms with Crippen LogP contribution in [-0.4, -0.2) is 29.5 Å². The highest BCUT2D eigenvalue weighted by Crippen LogP contribution is 2.24. The molecule has 2 heterocycles. The van der Waals surface area contributed by atoms with Crippen molar-refractivity contribution in [2.45, 2.75) is 5.03 Å². The number of H-pyrrole nitrogens is 1. The molecule has 7 nitrogen and oxygen atoms in total. The molecule has 2 aromatic heterocycles. The van der Waals surface area contributed by atoms with Crippen molar-refractivity contribution in [3.05, 3.63) is 29.5 Å². The normalized spacial score (nSPS) is 11.3. The van der Waals surface area contributed by atoms with Crippen LogP contribution in [0.1, 0.15) is 9.67 Å². The van der Waals surface area contributed by atoms with Crippen molar-refractivity contribution in [3.63, 3.8) is 0 Å². The van der Waals surface area contributed by atoms with Gasteiger partial charge in [0.1, 0.15) is 9.88 Å². The number of aromatic carboxylic acids is 1. The lowest BCUT2D eigenvalue weighted by Crippen LogP contribution is -2.12. The van der Waals surface area contributed by atoms with E-state index in [4.69, 9.17) is 5.11 Å². The number of carboxylic acids is 1. The van der Waals surface area contributed by atoms with Gasteiger partial charge in [0, 0.05) is 0 Å². The predicted octanol–water partition coefficient (Wildman–Crippen LogP) is 0.970. The van der Waals surface area contributed by atoms with Crippen molar-refractivity contribution in [2.75, 3.05) is 4.72 Å². The Labute approximate surface area is 100 Å². The van der Waals surface area contributed by atoms with Gasteiger partial charge in [0.05, 0.1) is 12.5 Å². The number of hydrogen-bond acceptors (Lipinski definition) is 5. The van der Waals surface area contributed by atoms with E-state index in [1.165, 1.54) is 18.5 Å². The molecular formula is C8H7N3O4S2. The Balaban J connectivity index is 2.24. The summed E-state index contributed by atoms with van der Waals surface area (Å²) < 4.78 is 25.7. The van der Waals surface area contributed by atoms with Gasteiger partial charge in [-0.1, -0.05) is 0 Å². The van der Waals surface area contributed by atoms with E-state index >= 15 is 0 Å². The summed E-state index contributed by atoms with van der Waals surface area (Å²) in [4.78, 5) is 16.7. The summed E-state index contributed by atoms with van der Waals surface area (Å²) in [5.74, 6) is -1.10. The van der Waals surface area contributed by atoms with Gasteiger partial charge in [0.15, 0.2) is 5.03 Å². The number of aromatic nitrogens is 2. The number of nitrogens with zero attached hydrogens (tertiary/aromatic N) is 1. The van der Waals surface area contributed by atoms with Crippen LogP contribution in [0.5, 0.6) is 0 Å². The van der Waals surface area contributed by atoms with Crippen LogP contribution in [0, 0.1) is 0 Å². The van der Waals surface area contributed by atoms with E-state index in [0.717, 1.165) is 17.5 Å². The number of carbonyl (C=O) groups is 1. The molecule has 2 rings (SSSR count). The largest absolute Gasteiger partial charge is 0.477 e. The number of sulfonamides is 1. The molecular weight excluding hydrogens is 266 g/mol. The van der Waals surface area contributed by atoms with Crippen molar-refractivity contribution < 1.29 is 18.3 Å². The highest BCUT2D eigenvalue weighted by Gasteiger charge is 2.17. The summed E-state index contributed by atoms with van der Waals surface area (Å²) in [7, 11) is -3.73. The Bertz CT molecular complexity index is 630. The third kappa shape index (κ3) is 2.45. The number of rotatable bonds is 4. The van der Waals surface area contributed by atoms with Gasteiger partial charge < -0.3 is 10.1 Å². The summed E-state index contributed by atoms with van der Waals surface area (Å²) in [6, 6.07) is 2.72.